The van der Waals surface area contributed by atoms with Crippen LogP contribution in [0.15, 0.2) is 97.1 Å². The predicted molar refractivity (Wildman–Crippen MR) is 151 cm³/mol. The van der Waals surface area contributed by atoms with Gasteiger partial charge in [-0.2, -0.15) is 5.10 Å². The highest BCUT2D eigenvalue weighted by Gasteiger charge is 2.42. The van der Waals surface area contributed by atoms with Crippen molar-refractivity contribution >= 4 is 5.91 Å². The molecule has 1 aliphatic heterocycles. The van der Waals surface area contributed by atoms with Crippen molar-refractivity contribution in [2.45, 2.75) is 26.1 Å². The second-order valence-corrected chi connectivity index (χ2v) is 9.87. The summed E-state index contributed by atoms with van der Waals surface area (Å²) in [5.74, 6) is 0.686. The van der Waals surface area contributed by atoms with Gasteiger partial charge >= 0.3 is 0 Å². The highest BCUT2D eigenvalue weighted by Crippen LogP contribution is 2.45. The van der Waals surface area contributed by atoms with Gasteiger partial charge in [-0.1, -0.05) is 78.4 Å². The number of nitrogens with zero attached hydrogens (tertiary/aromatic N) is 2. The van der Waals surface area contributed by atoms with Crippen LogP contribution in [0.5, 0.6) is 11.5 Å². The van der Waals surface area contributed by atoms with E-state index >= 15 is 0 Å². The number of ether oxygens (including phenoxy) is 2. The molecular weight excluding hydrogens is 505 g/mol. The molecule has 0 aliphatic carbocycles. The Balaban J connectivity index is 1.41. The van der Waals surface area contributed by atoms with Gasteiger partial charge in [0.1, 0.15) is 18.1 Å². The van der Waals surface area contributed by atoms with Gasteiger partial charge in [0, 0.05) is 17.7 Å². The molecule has 0 spiro atoms. The Morgan fingerprint density at radius 3 is 2.38 bits per heavy atom. The maximum Gasteiger partial charge on any atom is 0.273 e. The zero-order valence-electron chi connectivity index (χ0n) is 22.2. The fraction of sp³-hybridized carbons (Fsp3) is 0.152. The molecule has 40 heavy (non-hydrogen) atoms. The number of fused-ring (bicyclic) bond motifs is 1. The van der Waals surface area contributed by atoms with Crippen LogP contribution in [0.1, 0.15) is 44.3 Å². The van der Waals surface area contributed by atoms with E-state index in [4.69, 9.17) is 9.47 Å². The Morgan fingerprint density at radius 1 is 0.900 bits per heavy atom. The van der Waals surface area contributed by atoms with Crippen molar-refractivity contribution in [1.82, 2.24) is 15.1 Å². The van der Waals surface area contributed by atoms with Crippen LogP contribution in [-0.4, -0.2) is 28.1 Å². The summed E-state index contributed by atoms with van der Waals surface area (Å²) in [6.07, 6.45) is 0. The van der Waals surface area contributed by atoms with Gasteiger partial charge in [0.2, 0.25) is 0 Å². The molecule has 0 saturated heterocycles. The quantitative estimate of drug-likeness (QED) is 0.237. The summed E-state index contributed by atoms with van der Waals surface area (Å²) in [5, 5.41) is 7.56. The number of amides is 1. The number of benzene rings is 4. The zero-order valence-corrected chi connectivity index (χ0v) is 22.2. The molecule has 6 nitrogen and oxygen atoms in total. The van der Waals surface area contributed by atoms with Crippen LogP contribution in [0.2, 0.25) is 0 Å². The van der Waals surface area contributed by atoms with Crippen molar-refractivity contribution in [3.8, 4) is 22.8 Å². The number of nitrogens with one attached hydrogen (secondary N) is 1. The summed E-state index contributed by atoms with van der Waals surface area (Å²) in [7, 11) is 1.60. The van der Waals surface area contributed by atoms with E-state index in [1.807, 2.05) is 79.7 Å². The minimum absolute atomic E-state index is 0.168. The average Bonchev–Trinajstić information content (AvgIpc) is 3.53. The van der Waals surface area contributed by atoms with E-state index in [1.165, 1.54) is 12.1 Å². The van der Waals surface area contributed by atoms with Crippen LogP contribution >= 0.6 is 0 Å². The third-order valence-corrected chi connectivity index (χ3v) is 7.20. The predicted octanol–water partition coefficient (Wildman–Crippen LogP) is 6.86. The minimum atomic E-state index is -0.445. The topological polar surface area (TPSA) is 67.5 Å². The number of halogens is 1. The number of H-pyrrole nitrogens is 1. The van der Waals surface area contributed by atoms with Crippen LogP contribution in [0.25, 0.3) is 11.3 Å². The molecule has 4 aromatic carbocycles. The lowest BCUT2D eigenvalue weighted by molar-refractivity contribution is 0.0730. The molecule has 2 heterocycles. The van der Waals surface area contributed by atoms with Crippen molar-refractivity contribution in [1.29, 1.82) is 0 Å². The summed E-state index contributed by atoms with van der Waals surface area (Å²) in [4.78, 5) is 15.5. The maximum absolute atomic E-state index is 13.8. The molecule has 0 bridgehead atoms. The van der Waals surface area contributed by atoms with Gasteiger partial charge in [-0.3, -0.25) is 9.89 Å². The van der Waals surface area contributed by atoms with Gasteiger partial charge in [0.05, 0.1) is 18.8 Å². The number of rotatable bonds is 8. The Hall–Kier alpha value is -4.91. The summed E-state index contributed by atoms with van der Waals surface area (Å²) < 4.78 is 25.4. The second kappa shape index (κ2) is 10.7. The SMILES string of the molecule is COc1cc(C2c3c(-c4ccc(C)cc4)n[nH]c3C(=O)N2Cc2ccc(F)cc2)ccc1OCc1ccccc1. The third-order valence-electron chi connectivity index (χ3n) is 7.20. The van der Waals surface area contributed by atoms with Crippen LogP contribution in [0.3, 0.4) is 0 Å². The van der Waals surface area contributed by atoms with Crippen LogP contribution in [0, 0.1) is 12.7 Å². The molecule has 1 atom stereocenters. The largest absolute Gasteiger partial charge is 0.493 e. The van der Waals surface area contributed by atoms with Crippen LogP contribution < -0.4 is 9.47 Å². The first kappa shape index (κ1) is 25.4. The molecule has 0 fully saturated rings. The first-order chi connectivity index (χ1) is 19.5. The maximum atomic E-state index is 13.8. The van der Waals surface area contributed by atoms with Gasteiger partial charge < -0.3 is 14.4 Å². The van der Waals surface area contributed by atoms with E-state index in [-0.39, 0.29) is 11.7 Å². The fourth-order valence-electron chi connectivity index (χ4n) is 5.13. The normalized spacial score (nSPS) is 14.3. The molecule has 0 radical (unpaired) electrons. The Morgan fingerprint density at radius 2 is 1.65 bits per heavy atom. The molecule has 7 heteroatoms. The standard InChI is InChI=1S/C33H28FN3O3/c1-21-8-12-24(13-9-21)30-29-31(36-35-30)33(38)37(19-22-10-15-26(34)16-11-22)32(29)25-14-17-27(28(18-25)39-2)40-20-23-6-4-3-5-7-23/h3-18,32H,19-20H2,1-2H3,(H,35,36). The van der Waals surface area contributed by atoms with E-state index < -0.39 is 6.04 Å². The monoisotopic (exact) mass is 533 g/mol. The van der Waals surface area contributed by atoms with Crippen molar-refractivity contribution in [3.63, 3.8) is 0 Å². The van der Waals surface area contributed by atoms with Gasteiger partial charge in [-0.25, -0.2) is 4.39 Å². The first-order valence-electron chi connectivity index (χ1n) is 13.1. The molecule has 1 amide bonds. The summed E-state index contributed by atoms with van der Waals surface area (Å²) >= 11 is 0. The van der Waals surface area contributed by atoms with Gasteiger partial charge in [-0.15, -0.1) is 0 Å². The molecule has 1 N–H and O–H groups in total. The molecule has 5 aromatic rings. The first-order valence-corrected chi connectivity index (χ1v) is 13.1. The Kier molecular flexibility index (Phi) is 6.78. The second-order valence-electron chi connectivity index (χ2n) is 9.87. The smallest absolute Gasteiger partial charge is 0.273 e. The van der Waals surface area contributed by atoms with Crippen molar-refractivity contribution < 1.29 is 18.7 Å². The van der Waals surface area contributed by atoms with Gasteiger partial charge in [-0.05, 0) is 47.9 Å². The van der Waals surface area contributed by atoms with E-state index in [0.717, 1.165) is 39.1 Å². The third kappa shape index (κ3) is 4.82. The highest BCUT2D eigenvalue weighted by molar-refractivity contribution is 6.00. The lowest BCUT2D eigenvalue weighted by atomic mass is 9.95. The zero-order chi connectivity index (χ0) is 27.6. The number of carbonyl (C=O) groups excluding carboxylic acids is 1. The number of aryl methyl sites for hydroxylation is 1. The number of hydrogen-bond donors (Lipinski definition) is 1. The minimum Gasteiger partial charge on any atom is -0.493 e. The summed E-state index contributed by atoms with van der Waals surface area (Å²) in [5.41, 5.74) is 6.75. The molecule has 0 saturated carbocycles. The molecule has 200 valence electrons. The Labute approximate surface area is 232 Å². The number of hydrogen-bond acceptors (Lipinski definition) is 4. The van der Waals surface area contributed by atoms with Crippen LogP contribution in [0.4, 0.5) is 4.39 Å². The van der Waals surface area contributed by atoms with E-state index in [0.29, 0.717) is 30.3 Å². The van der Waals surface area contributed by atoms with Gasteiger partial charge in [0.15, 0.2) is 11.5 Å². The lowest BCUT2D eigenvalue weighted by Gasteiger charge is -2.27. The lowest BCUT2D eigenvalue weighted by Crippen LogP contribution is -2.29. The molecular formula is C33H28FN3O3. The molecule has 1 unspecified atom stereocenters. The number of aromatic nitrogens is 2. The highest BCUT2D eigenvalue weighted by atomic mass is 19.1. The van der Waals surface area contributed by atoms with E-state index in [2.05, 4.69) is 10.2 Å². The van der Waals surface area contributed by atoms with Gasteiger partial charge in [0.25, 0.3) is 5.91 Å². The van der Waals surface area contributed by atoms with Crippen molar-refractivity contribution in [2.24, 2.45) is 0 Å². The average molecular weight is 534 g/mol. The number of methoxy groups -OCH3 is 1. The number of carbonyl (C=O) groups is 1. The van der Waals surface area contributed by atoms with E-state index in [9.17, 15) is 9.18 Å². The molecule has 6 rings (SSSR count). The van der Waals surface area contributed by atoms with Crippen molar-refractivity contribution in [3.05, 3.63) is 136 Å². The molecule has 1 aromatic heterocycles. The van der Waals surface area contributed by atoms with Crippen LogP contribution in [-0.2, 0) is 13.2 Å². The molecule has 1 aliphatic rings. The number of aromatic amines is 1. The summed E-state index contributed by atoms with van der Waals surface area (Å²) in [6.45, 7) is 2.73. The van der Waals surface area contributed by atoms with Crippen molar-refractivity contribution in [2.75, 3.05) is 7.11 Å². The summed E-state index contributed by atoms with van der Waals surface area (Å²) in [6, 6.07) is 29.5. The fourth-order valence-corrected chi connectivity index (χ4v) is 5.13. The van der Waals surface area contributed by atoms with E-state index in [1.54, 1.807) is 24.1 Å². The Bertz CT molecular complexity index is 1650.